The summed E-state index contributed by atoms with van der Waals surface area (Å²) in [6.07, 6.45) is 4.21. The second-order valence-corrected chi connectivity index (χ2v) is 5.19. The van der Waals surface area contributed by atoms with E-state index in [-0.39, 0.29) is 6.04 Å². The Morgan fingerprint density at radius 3 is 2.95 bits per heavy atom. The van der Waals surface area contributed by atoms with Gasteiger partial charge in [-0.1, -0.05) is 13.3 Å². The summed E-state index contributed by atoms with van der Waals surface area (Å²) in [6.45, 7) is 6.23. The van der Waals surface area contributed by atoms with Crippen molar-refractivity contribution in [3.63, 3.8) is 0 Å². The smallest absolute Gasteiger partial charge is 0.412 e. The number of nitrogens with one attached hydrogen (secondary N) is 1. The lowest BCUT2D eigenvalue weighted by Gasteiger charge is -2.32. The van der Waals surface area contributed by atoms with E-state index in [1.54, 1.807) is 24.2 Å². The Morgan fingerprint density at radius 2 is 2.27 bits per heavy atom. The van der Waals surface area contributed by atoms with Gasteiger partial charge in [0.2, 0.25) is 0 Å². The Labute approximate surface area is 130 Å². The van der Waals surface area contributed by atoms with E-state index in [9.17, 15) is 4.79 Å². The summed E-state index contributed by atoms with van der Waals surface area (Å²) in [4.78, 5) is 20.3. The topological polar surface area (TPSA) is 92.8 Å². The van der Waals surface area contributed by atoms with Gasteiger partial charge in [-0.05, 0) is 26.7 Å². The predicted molar refractivity (Wildman–Crippen MR) is 87.6 cm³/mol. The SMILES string of the molecule is CCCCC1=Nc2cnc(NC(=O)OCC)cc2N(N)[C@H]1C. The van der Waals surface area contributed by atoms with Gasteiger partial charge >= 0.3 is 6.09 Å². The first-order valence-corrected chi connectivity index (χ1v) is 7.62. The fourth-order valence-corrected chi connectivity index (χ4v) is 2.31. The number of hydrazine groups is 1. The van der Waals surface area contributed by atoms with Gasteiger partial charge in [0, 0.05) is 11.8 Å². The largest absolute Gasteiger partial charge is 0.450 e. The molecule has 1 amide bonds. The molecule has 3 N–H and O–H groups in total. The Bertz CT molecular complexity index is 573. The Hall–Kier alpha value is -2.15. The van der Waals surface area contributed by atoms with Gasteiger partial charge in [0.25, 0.3) is 0 Å². The Morgan fingerprint density at radius 1 is 1.50 bits per heavy atom. The average Bonchev–Trinajstić information content (AvgIpc) is 2.50. The molecule has 22 heavy (non-hydrogen) atoms. The first-order chi connectivity index (χ1) is 10.6. The van der Waals surface area contributed by atoms with E-state index < -0.39 is 6.09 Å². The summed E-state index contributed by atoms with van der Waals surface area (Å²) in [5.74, 6) is 6.59. The third kappa shape index (κ3) is 3.54. The molecule has 0 fully saturated rings. The second kappa shape index (κ2) is 7.22. The van der Waals surface area contributed by atoms with Crippen LogP contribution in [0.25, 0.3) is 0 Å². The van der Waals surface area contributed by atoms with Crippen LogP contribution in [0.15, 0.2) is 17.3 Å². The minimum atomic E-state index is -0.533. The molecule has 2 heterocycles. The third-order valence-corrected chi connectivity index (χ3v) is 3.60. The molecule has 7 heteroatoms. The quantitative estimate of drug-likeness (QED) is 0.816. The van der Waals surface area contributed by atoms with Crippen molar-refractivity contribution in [2.75, 3.05) is 16.9 Å². The van der Waals surface area contributed by atoms with Crippen LogP contribution < -0.4 is 16.2 Å². The molecule has 0 saturated carbocycles. The van der Waals surface area contributed by atoms with Gasteiger partial charge in [0.15, 0.2) is 0 Å². The number of aliphatic imine (C=N–C) groups is 1. The Balaban J connectivity index is 2.23. The molecule has 0 bridgehead atoms. The van der Waals surface area contributed by atoms with E-state index in [1.807, 2.05) is 6.92 Å². The number of hydrogen-bond donors (Lipinski definition) is 2. The number of rotatable bonds is 5. The van der Waals surface area contributed by atoms with Crippen molar-refractivity contribution in [3.05, 3.63) is 12.3 Å². The fraction of sp³-hybridized carbons (Fsp3) is 0.533. The van der Waals surface area contributed by atoms with E-state index in [4.69, 9.17) is 10.6 Å². The average molecular weight is 305 g/mol. The van der Waals surface area contributed by atoms with Crippen molar-refractivity contribution in [3.8, 4) is 0 Å². The number of aromatic nitrogens is 1. The number of amides is 1. The van der Waals surface area contributed by atoms with Crippen molar-refractivity contribution in [1.82, 2.24) is 4.98 Å². The van der Waals surface area contributed by atoms with E-state index >= 15 is 0 Å². The van der Waals surface area contributed by atoms with Crippen LogP contribution in [0.5, 0.6) is 0 Å². The highest BCUT2D eigenvalue weighted by molar-refractivity contribution is 5.98. The van der Waals surface area contributed by atoms with Crippen LogP contribution in [0.4, 0.5) is 22.0 Å². The van der Waals surface area contributed by atoms with Gasteiger partial charge in [0.05, 0.1) is 24.5 Å². The molecule has 120 valence electrons. The van der Waals surface area contributed by atoms with Crippen molar-refractivity contribution < 1.29 is 9.53 Å². The Kier molecular flexibility index (Phi) is 5.32. The van der Waals surface area contributed by atoms with Gasteiger partial charge in [-0.3, -0.25) is 10.3 Å². The number of nitrogens with two attached hydrogens (primary N) is 1. The molecule has 0 spiro atoms. The van der Waals surface area contributed by atoms with E-state index in [0.29, 0.717) is 12.4 Å². The van der Waals surface area contributed by atoms with E-state index in [2.05, 4.69) is 22.2 Å². The van der Waals surface area contributed by atoms with Crippen LogP contribution >= 0.6 is 0 Å². The maximum atomic E-state index is 11.5. The zero-order chi connectivity index (χ0) is 16.1. The van der Waals surface area contributed by atoms with Crippen LogP contribution in [0.3, 0.4) is 0 Å². The minimum Gasteiger partial charge on any atom is -0.450 e. The maximum absolute atomic E-state index is 11.5. The van der Waals surface area contributed by atoms with Gasteiger partial charge in [0.1, 0.15) is 11.5 Å². The van der Waals surface area contributed by atoms with E-state index in [0.717, 1.165) is 36.3 Å². The van der Waals surface area contributed by atoms with Crippen LogP contribution in [-0.4, -0.2) is 29.4 Å². The number of unbranched alkanes of at least 4 members (excludes halogenated alkanes) is 1. The molecule has 1 atom stereocenters. The number of nitrogens with zero attached hydrogens (tertiary/aromatic N) is 3. The number of anilines is 2. The number of ether oxygens (including phenoxy) is 1. The van der Waals surface area contributed by atoms with Crippen molar-refractivity contribution in [2.45, 2.75) is 46.1 Å². The zero-order valence-corrected chi connectivity index (χ0v) is 13.3. The summed E-state index contributed by atoms with van der Waals surface area (Å²) >= 11 is 0. The molecule has 7 nitrogen and oxygen atoms in total. The van der Waals surface area contributed by atoms with Gasteiger partial charge in [-0.2, -0.15) is 0 Å². The molecule has 0 saturated heterocycles. The maximum Gasteiger partial charge on any atom is 0.412 e. The molecular weight excluding hydrogens is 282 g/mol. The third-order valence-electron chi connectivity index (χ3n) is 3.60. The molecule has 0 radical (unpaired) electrons. The fourth-order valence-electron chi connectivity index (χ4n) is 2.31. The highest BCUT2D eigenvalue weighted by Gasteiger charge is 2.25. The summed E-state index contributed by atoms with van der Waals surface area (Å²) in [6, 6.07) is 1.74. The highest BCUT2D eigenvalue weighted by atomic mass is 16.5. The number of pyridine rings is 1. The molecule has 1 aliphatic heterocycles. The minimum absolute atomic E-state index is 0.0249. The van der Waals surface area contributed by atoms with Crippen LogP contribution in [0, 0.1) is 0 Å². The molecule has 0 unspecified atom stereocenters. The summed E-state index contributed by atoms with van der Waals surface area (Å²) < 4.78 is 4.84. The van der Waals surface area contributed by atoms with Crippen molar-refractivity contribution in [1.29, 1.82) is 0 Å². The first-order valence-electron chi connectivity index (χ1n) is 7.62. The van der Waals surface area contributed by atoms with Gasteiger partial charge in [-0.15, -0.1) is 0 Å². The van der Waals surface area contributed by atoms with Gasteiger partial charge < -0.3 is 9.75 Å². The molecule has 1 aromatic heterocycles. The molecule has 0 aromatic carbocycles. The van der Waals surface area contributed by atoms with Crippen molar-refractivity contribution in [2.24, 2.45) is 10.8 Å². The number of fused-ring (bicyclic) bond motifs is 1. The van der Waals surface area contributed by atoms with Crippen LogP contribution in [-0.2, 0) is 4.74 Å². The number of carbonyl (C=O) groups excluding carboxylic acids is 1. The monoisotopic (exact) mass is 305 g/mol. The van der Waals surface area contributed by atoms with Crippen LogP contribution in [0.1, 0.15) is 40.0 Å². The molecular formula is C15H23N5O2. The molecule has 0 aliphatic carbocycles. The molecule has 2 rings (SSSR count). The lowest BCUT2D eigenvalue weighted by Crippen LogP contribution is -2.46. The number of hydrogen-bond acceptors (Lipinski definition) is 6. The summed E-state index contributed by atoms with van der Waals surface area (Å²) in [5, 5.41) is 4.24. The number of carbonyl (C=O) groups is 1. The summed E-state index contributed by atoms with van der Waals surface area (Å²) in [7, 11) is 0. The van der Waals surface area contributed by atoms with Gasteiger partial charge in [-0.25, -0.2) is 15.6 Å². The second-order valence-electron chi connectivity index (χ2n) is 5.19. The summed E-state index contributed by atoms with van der Waals surface area (Å²) in [5.41, 5.74) is 2.53. The normalized spacial score (nSPS) is 16.8. The standard InChI is InChI=1S/C15H23N5O2/c1-4-6-7-11-10(3)20(16)13-8-14(17-9-12(13)18-11)19-15(21)22-5-2/h8-10H,4-7,16H2,1-3H3,(H,17,19,21)/t10-/m0/s1. The van der Waals surface area contributed by atoms with E-state index in [1.165, 1.54) is 0 Å². The lowest BCUT2D eigenvalue weighted by atomic mass is 10.0. The molecule has 1 aliphatic rings. The predicted octanol–water partition coefficient (Wildman–Crippen LogP) is 2.99. The van der Waals surface area contributed by atoms with Crippen LogP contribution in [0.2, 0.25) is 0 Å². The van der Waals surface area contributed by atoms with Crippen molar-refractivity contribution >= 4 is 29.0 Å². The molecule has 1 aromatic rings. The lowest BCUT2D eigenvalue weighted by molar-refractivity contribution is 0.168. The highest BCUT2D eigenvalue weighted by Crippen LogP contribution is 2.34. The first kappa shape index (κ1) is 16.2. The zero-order valence-electron chi connectivity index (χ0n) is 13.3.